The van der Waals surface area contributed by atoms with Gasteiger partial charge in [-0.2, -0.15) is 0 Å². The largest absolute Gasteiger partial charge is 0.0848 e. The van der Waals surface area contributed by atoms with Crippen molar-refractivity contribution in [3.63, 3.8) is 0 Å². The Hall–Kier alpha value is -0.260. The highest BCUT2D eigenvalue weighted by Crippen LogP contribution is 2.40. The fourth-order valence-corrected chi connectivity index (χ4v) is 2.96. The molecule has 0 bridgehead atoms. The second kappa shape index (κ2) is 3.86. The molecule has 0 heteroatoms. The molecule has 0 N–H and O–H groups in total. The van der Waals surface area contributed by atoms with Crippen LogP contribution in [0.4, 0.5) is 0 Å². The third-order valence-corrected chi connectivity index (χ3v) is 4.01. The number of fused-ring (bicyclic) bond motifs is 1. The first-order valence-electron chi connectivity index (χ1n) is 5.96. The molecule has 1 fully saturated rings. The van der Waals surface area contributed by atoms with Gasteiger partial charge < -0.3 is 0 Å². The van der Waals surface area contributed by atoms with Crippen molar-refractivity contribution < 1.29 is 0 Å². The van der Waals surface area contributed by atoms with E-state index in [1.165, 1.54) is 38.5 Å². The molecule has 2 atom stereocenters. The van der Waals surface area contributed by atoms with Gasteiger partial charge in [0, 0.05) is 0 Å². The summed E-state index contributed by atoms with van der Waals surface area (Å²) >= 11 is 0. The number of rotatable bonds is 1. The summed E-state index contributed by atoms with van der Waals surface area (Å²) in [6.45, 7) is 4.76. The Morgan fingerprint density at radius 3 is 2.92 bits per heavy atom. The molecule has 0 amide bonds. The van der Waals surface area contributed by atoms with E-state index >= 15 is 0 Å². The lowest BCUT2D eigenvalue weighted by molar-refractivity contribution is 0.271. The normalized spacial score (nSPS) is 34.2. The van der Waals surface area contributed by atoms with Crippen molar-refractivity contribution >= 4 is 0 Å². The molecule has 0 spiro atoms. The van der Waals surface area contributed by atoms with E-state index in [1.54, 1.807) is 0 Å². The molecule has 0 radical (unpaired) electrons. The van der Waals surface area contributed by atoms with Gasteiger partial charge >= 0.3 is 0 Å². The third-order valence-electron chi connectivity index (χ3n) is 4.01. The lowest BCUT2D eigenvalue weighted by Gasteiger charge is -2.34. The van der Waals surface area contributed by atoms with Gasteiger partial charge in [-0.05, 0) is 49.9 Å². The van der Waals surface area contributed by atoms with Crippen molar-refractivity contribution in [3.8, 4) is 0 Å². The zero-order valence-electron chi connectivity index (χ0n) is 9.05. The summed E-state index contributed by atoms with van der Waals surface area (Å²) in [6.07, 6.45) is 11.2. The van der Waals surface area contributed by atoms with Crippen LogP contribution >= 0.6 is 0 Å². The van der Waals surface area contributed by atoms with E-state index in [1.807, 2.05) is 5.57 Å². The van der Waals surface area contributed by atoms with Crippen molar-refractivity contribution in [2.75, 3.05) is 0 Å². The van der Waals surface area contributed by atoms with E-state index in [9.17, 15) is 0 Å². The van der Waals surface area contributed by atoms with Crippen LogP contribution in [0, 0.1) is 17.8 Å². The van der Waals surface area contributed by atoms with Gasteiger partial charge in [-0.15, -0.1) is 0 Å². The molecule has 1 saturated carbocycles. The first kappa shape index (κ1) is 9.30. The topological polar surface area (TPSA) is 0 Å². The third kappa shape index (κ3) is 1.98. The molecule has 2 unspecified atom stereocenters. The summed E-state index contributed by atoms with van der Waals surface area (Å²) in [5.41, 5.74) is 1.81. The first-order valence-corrected chi connectivity index (χ1v) is 5.96. The summed E-state index contributed by atoms with van der Waals surface area (Å²) in [6, 6.07) is 0. The quantitative estimate of drug-likeness (QED) is 0.529. The molecule has 0 heterocycles. The van der Waals surface area contributed by atoms with Crippen LogP contribution in [0.15, 0.2) is 11.6 Å². The predicted molar refractivity (Wildman–Crippen MR) is 57.6 cm³/mol. The average molecular weight is 178 g/mol. The fraction of sp³-hybridized carbons (Fsp3) is 0.846. The van der Waals surface area contributed by atoms with E-state index in [4.69, 9.17) is 0 Å². The monoisotopic (exact) mass is 178 g/mol. The van der Waals surface area contributed by atoms with Crippen LogP contribution in [0.3, 0.4) is 0 Å². The van der Waals surface area contributed by atoms with E-state index in [0.29, 0.717) is 0 Å². The summed E-state index contributed by atoms with van der Waals surface area (Å²) in [7, 11) is 0. The zero-order valence-corrected chi connectivity index (χ0v) is 9.05. The van der Waals surface area contributed by atoms with Crippen LogP contribution in [0.5, 0.6) is 0 Å². The van der Waals surface area contributed by atoms with E-state index in [2.05, 4.69) is 19.9 Å². The highest BCUT2D eigenvalue weighted by molar-refractivity contribution is 5.13. The lowest BCUT2D eigenvalue weighted by atomic mass is 9.71. The maximum atomic E-state index is 2.57. The molecule has 2 aliphatic rings. The molecule has 13 heavy (non-hydrogen) atoms. The van der Waals surface area contributed by atoms with Crippen LogP contribution in [-0.4, -0.2) is 0 Å². The zero-order chi connectivity index (χ0) is 9.26. The van der Waals surface area contributed by atoms with Crippen LogP contribution in [0.2, 0.25) is 0 Å². The predicted octanol–water partition coefficient (Wildman–Crippen LogP) is 4.17. The van der Waals surface area contributed by atoms with Gasteiger partial charge in [0.1, 0.15) is 0 Å². The van der Waals surface area contributed by atoms with Crippen LogP contribution in [0.25, 0.3) is 0 Å². The van der Waals surface area contributed by atoms with Crippen molar-refractivity contribution in [3.05, 3.63) is 11.6 Å². The Kier molecular flexibility index (Phi) is 2.76. The van der Waals surface area contributed by atoms with Gasteiger partial charge in [0.15, 0.2) is 0 Å². The highest BCUT2D eigenvalue weighted by atomic mass is 14.3. The Bertz CT molecular complexity index is 200. The van der Waals surface area contributed by atoms with Gasteiger partial charge in [0.05, 0.1) is 0 Å². The summed E-state index contributed by atoms with van der Waals surface area (Å²) in [4.78, 5) is 0. The number of hydrogen-bond donors (Lipinski definition) is 0. The minimum absolute atomic E-state index is 0.889. The highest BCUT2D eigenvalue weighted by Gasteiger charge is 2.27. The number of hydrogen-bond acceptors (Lipinski definition) is 0. The molecule has 2 rings (SSSR count). The lowest BCUT2D eigenvalue weighted by Crippen LogP contribution is -2.22. The maximum absolute atomic E-state index is 2.57. The standard InChI is InChI=1S/C13H22/c1-10(2)12-8-7-11-5-3-4-6-13(11)9-12/h7,10,12-13H,3-6,8-9H2,1-2H3. The Labute approximate surface area is 82.4 Å². The SMILES string of the molecule is CC(C)C1CC=C2CCCCC2C1. The van der Waals surface area contributed by atoms with Gasteiger partial charge in [-0.3, -0.25) is 0 Å². The molecule has 0 aromatic carbocycles. The molecular formula is C13H22. The fourth-order valence-electron chi connectivity index (χ4n) is 2.96. The molecule has 74 valence electrons. The Morgan fingerprint density at radius 2 is 2.15 bits per heavy atom. The van der Waals surface area contributed by atoms with Crippen molar-refractivity contribution in [1.29, 1.82) is 0 Å². The van der Waals surface area contributed by atoms with Gasteiger partial charge in [-0.1, -0.05) is 31.9 Å². The van der Waals surface area contributed by atoms with Crippen LogP contribution in [-0.2, 0) is 0 Å². The molecule has 0 aromatic rings. The minimum Gasteiger partial charge on any atom is -0.0848 e. The average Bonchev–Trinajstić information content (AvgIpc) is 2.17. The van der Waals surface area contributed by atoms with Gasteiger partial charge in [-0.25, -0.2) is 0 Å². The maximum Gasteiger partial charge on any atom is -0.0200 e. The Balaban J connectivity index is 2.02. The van der Waals surface area contributed by atoms with Crippen molar-refractivity contribution in [2.45, 2.75) is 52.4 Å². The van der Waals surface area contributed by atoms with E-state index in [0.717, 1.165) is 17.8 Å². The number of allylic oxidation sites excluding steroid dienone is 2. The van der Waals surface area contributed by atoms with Gasteiger partial charge in [0.25, 0.3) is 0 Å². The minimum atomic E-state index is 0.889. The summed E-state index contributed by atoms with van der Waals surface area (Å²) < 4.78 is 0. The first-order chi connectivity index (χ1) is 6.27. The molecule has 0 aromatic heterocycles. The molecular weight excluding hydrogens is 156 g/mol. The Morgan fingerprint density at radius 1 is 1.31 bits per heavy atom. The molecule has 0 saturated heterocycles. The van der Waals surface area contributed by atoms with E-state index < -0.39 is 0 Å². The van der Waals surface area contributed by atoms with Gasteiger partial charge in [0.2, 0.25) is 0 Å². The van der Waals surface area contributed by atoms with Crippen LogP contribution in [0.1, 0.15) is 52.4 Å². The smallest absolute Gasteiger partial charge is 0.0200 e. The second-order valence-electron chi connectivity index (χ2n) is 5.20. The summed E-state index contributed by atoms with van der Waals surface area (Å²) in [5, 5.41) is 0. The van der Waals surface area contributed by atoms with E-state index in [-0.39, 0.29) is 0 Å². The molecule has 0 aliphatic heterocycles. The second-order valence-corrected chi connectivity index (χ2v) is 5.20. The molecule has 0 nitrogen and oxygen atoms in total. The van der Waals surface area contributed by atoms with Crippen LogP contribution < -0.4 is 0 Å². The summed E-state index contributed by atoms with van der Waals surface area (Å²) in [5.74, 6) is 2.85. The molecule has 2 aliphatic carbocycles. The van der Waals surface area contributed by atoms with Crippen molar-refractivity contribution in [1.82, 2.24) is 0 Å². The van der Waals surface area contributed by atoms with Crippen molar-refractivity contribution in [2.24, 2.45) is 17.8 Å².